The maximum absolute atomic E-state index is 6.37. The van der Waals surface area contributed by atoms with Gasteiger partial charge in [-0.2, -0.15) is 4.42 Å². The van der Waals surface area contributed by atoms with Crippen molar-refractivity contribution in [3.8, 4) is 0 Å². The Labute approximate surface area is 105 Å². The zero-order chi connectivity index (χ0) is 12.4. The lowest BCUT2D eigenvalue weighted by Gasteiger charge is -2.35. The summed E-state index contributed by atoms with van der Waals surface area (Å²) in [6, 6.07) is 0. The van der Waals surface area contributed by atoms with Crippen molar-refractivity contribution >= 4 is 11.8 Å². The molecule has 0 spiro atoms. The highest BCUT2D eigenvalue weighted by atomic mass is 35.5. The lowest BCUT2D eigenvalue weighted by molar-refractivity contribution is -0.0461. The molecule has 1 rings (SSSR count). The SMILES string of the molecule is CCN(CC)CCC1(C)OCC(C)(C)N1Cl. The van der Waals surface area contributed by atoms with E-state index in [0.29, 0.717) is 6.61 Å². The van der Waals surface area contributed by atoms with Gasteiger partial charge in [0.05, 0.1) is 12.1 Å². The molecule has 0 saturated carbocycles. The second kappa shape index (κ2) is 5.21. The third-order valence-corrected chi connectivity index (χ3v) is 4.28. The zero-order valence-corrected chi connectivity index (χ0v) is 12.0. The number of hydrogen-bond donors (Lipinski definition) is 0. The minimum atomic E-state index is -0.326. The summed E-state index contributed by atoms with van der Waals surface area (Å²) in [4.78, 5) is 2.39. The van der Waals surface area contributed by atoms with E-state index in [2.05, 4.69) is 39.5 Å². The van der Waals surface area contributed by atoms with Crippen LogP contribution in [0.5, 0.6) is 0 Å². The third-order valence-electron chi connectivity index (χ3n) is 3.47. The third kappa shape index (κ3) is 2.89. The van der Waals surface area contributed by atoms with Crippen molar-refractivity contribution in [3.63, 3.8) is 0 Å². The summed E-state index contributed by atoms with van der Waals surface area (Å²) in [7, 11) is 0. The van der Waals surface area contributed by atoms with Crippen LogP contribution < -0.4 is 0 Å². The van der Waals surface area contributed by atoms with Crippen LogP contribution in [0.25, 0.3) is 0 Å². The predicted octanol–water partition coefficient (Wildman–Crippen LogP) is 2.70. The van der Waals surface area contributed by atoms with Crippen molar-refractivity contribution in [1.29, 1.82) is 0 Å². The molecule has 1 heterocycles. The van der Waals surface area contributed by atoms with Crippen molar-refractivity contribution in [2.75, 3.05) is 26.2 Å². The molecule has 1 aliphatic heterocycles. The van der Waals surface area contributed by atoms with E-state index >= 15 is 0 Å². The Kier molecular flexibility index (Phi) is 4.64. The van der Waals surface area contributed by atoms with Gasteiger partial charge in [-0.05, 0) is 45.6 Å². The van der Waals surface area contributed by atoms with Gasteiger partial charge in [0, 0.05) is 13.0 Å². The van der Waals surface area contributed by atoms with E-state index in [4.69, 9.17) is 16.5 Å². The van der Waals surface area contributed by atoms with Crippen LogP contribution in [0.4, 0.5) is 0 Å². The molecular weight excluding hydrogens is 224 g/mol. The largest absolute Gasteiger partial charge is 0.357 e. The van der Waals surface area contributed by atoms with Crippen LogP contribution >= 0.6 is 11.8 Å². The van der Waals surface area contributed by atoms with Crippen LogP contribution in [0.15, 0.2) is 0 Å². The first-order valence-corrected chi connectivity index (χ1v) is 6.52. The first-order chi connectivity index (χ1) is 7.35. The average molecular weight is 249 g/mol. The molecule has 0 bridgehead atoms. The second-order valence-corrected chi connectivity index (χ2v) is 5.67. The van der Waals surface area contributed by atoms with Gasteiger partial charge in [0.25, 0.3) is 0 Å². The highest BCUT2D eigenvalue weighted by Crippen LogP contribution is 2.38. The van der Waals surface area contributed by atoms with Crippen molar-refractivity contribution in [1.82, 2.24) is 9.32 Å². The van der Waals surface area contributed by atoms with Gasteiger partial charge in [-0.15, -0.1) is 0 Å². The van der Waals surface area contributed by atoms with E-state index in [9.17, 15) is 0 Å². The fourth-order valence-corrected chi connectivity index (χ4v) is 2.34. The molecule has 0 aromatic carbocycles. The molecule has 0 amide bonds. The van der Waals surface area contributed by atoms with Gasteiger partial charge in [0.2, 0.25) is 0 Å². The summed E-state index contributed by atoms with van der Waals surface area (Å²) in [5.74, 6) is 0. The minimum absolute atomic E-state index is 0.0699. The normalized spacial score (nSPS) is 30.2. The molecule has 0 aromatic heterocycles. The van der Waals surface area contributed by atoms with Crippen LogP contribution in [0.2, 0.25) is 0 Å². The second-order valence-electron chi connectivity index (χ2n) is 5.33. The van der Waals surface area contributed by atoms with E-state index in [0.717, 1.165) is 26.1 Å². The molecular formula is C12H25ClN2O. The number of halogens is 1. The summed E-state index contributed by atoms with van der Waals surface area (Å²) in [6.07, 6.45) is 0.946. The van der Waals surface area contributed by atoms with Crippen LogP contribution in [-0.4, -0.2) is 46.8 Å². The van der Waals surface area contributed by atoms with Gasteiger partial charge in [-0.25, -0.2) is 0 Å². The van der Waals surface area contributed by atoms with E-state index < -0.39 is 0 Å². The van der Waals surface area contributed by atoms with Gasteiger partial charge < -0.3 is 9.64 Å². The number of hydrogen-bond acceptors (Lipinski definition) is 3. The van der Waals surface area contributed by atoms with Crippen LogP contribution in [-0.2, 0) is 4.74 Å². The molecule has 0 aromatic rings. The zero-order valence-electron chi connectivity index (χ0n) is 11.2. The Hall–Kier alpha value is 0.170. The van der Waals surface area contributed by atoms with Gasteiger partial charge >= 0.3 is 0 Å². The van der Waals surface area contributed by atoms with Crippen molar-refractivity contribution in [2.24, 2.45) is 0 Å². The van der Waals surface area contributed by atoms with Crippen LogP contribution in [0, 0.1) is 0 Å². The van der Waals surface area contributed by atoms with E-state index in [1.54, 1.807) is 0 Å². The summed E-state index contributed by atoms with van der Waals surface area (Å²) >= 11 is 6.37. The van der Waals surface area contributed by atoms with E-state index in [-0.39, 0.29) is 11.3 Å². The smallest absolute Gasteiger partial charge is 0.134 e. The minimum Gasteiger partial charge on any atom is -0.357 e. The summed E-state index contributed by atoms with van der Waals surface area (Å²) in [5, 5.41) is 0. The first kappa shape index (κ1) is 14.2. The monoisotopic (exact) mass is 248 g/mol. The van der Waals surface area contributed by atoms with Gasteiger partial charge in [0.1, 0.15) is 5.72 Å². The molecule has 16 heavy (non-hydrogen) atoms. The Bertz CT molecular complexity index is 231. The highest BCUT2D eigenvalue weighted by molar-refractivity contribution is 6.14. The van der Waals surface area contributed by atoms with Crippen LogP contribution in [0.1, 0.15) is 41.0 Å². The molecule has 1 unspecified atom stereocenters. The number of rotatable bonds is 5. The summed E-state index contributed by atoms with van der Waals surface area (Å²) in [6.45, 7) is 14.6. The number of nitrogens with zero attached hydrogens (tertiary/aromatic N) is 2. The molecule has 4 heteroatoms. The lowest BCUT2D eigenvalue weighted by Crippen LogP contribution is -2.46. The quantitative estimate of drug-likeness (QED) is 0.696. The molecule has 0 N–H and O–H groups in total. The van der Waals surface area contributed by atoms with E-state index in [1.807, 2.05) is 4.42 Å². The highest BCUT2D eigenvalue weighted by Gasteiger charge is 2.48. The van der Waals surface area contributed by atoms with Gasteiger partial charge in [-0.1, -0.05) is 13.8 Å². The van der Waals surface area contributed by atoms with Crippen molar-refractivity contribution < 1.29 is 4.74 Å². The fourth-order valence-electron chi connectivity index (χ4n) is 2.16. The van der Waals surface area contributed by atoms with Gasteiger partial charge in [-0.3, -0.25) is 0 Å². The Morgan fingerprint density at radius 2 is 1.81 bits per heavy atom. The molecule has 1 atom stereocenters. The summed E-state index contributed by atoms with van der Waals surface area (Å²) < 4.78 is 7.73. The number of ether oxygens (including phenoxy) is 1. The lowest BCUT2D eigenvalue weighted by atomic mass is 10.1. The molecule has 1 fully saturated rings. The Morgan fingerprint density at radius 3 is 2.19 bits per heavy atom. The molecule has 3 nitrogen and oxygen atoms in total. The molecule has 0 radical (unpaired) electrons. The maximum atomic E-state index is 6.37. The van der Waals surface area contributed by atoms with E-state index in [1.165, 1.54) is 0 Å². The first-order valence-electron chi connectivity index (χ1n) is 6.18. The van der Waals surface area contributed by atoms with Gasteiger partial charge in [0.15, 0.2) is 0 Å². The molecule has 1 saturated heterocycles. The van der Waals surface area contributed by atoms with Crippen LogP contribution in [0.3, 0.4) is 0 Å². The Morgan fingerprint density at radius 1 is 1.25 bits per heavy atom. The van der Waals surface area contributed by atoms with Crippen molar-refractivity contribution in [2.45, 2.75) is 52.3 Å². The molecule has 96 valence electrons. The average Bonchev–Trinajstić information content (AvgIpc) is 2.45. The summed E-state index contributed by atoms with van der Waals surface area (Å²) in [5.41, 5.74) is -0.396. The molecule has 0 aliphatic carbocycles. The Balaban J connectivity index is 2.53. The fraction of sp³-hybridized carbons (Fsp3) is 1.00. The molecule has 1 aliphatic rings. The topological polar surface area (TPSA) is 15.7 Å². The predicted molar refractivity (Wildman–Crippen MR) is 68.5 cm³/mol. The standard InChI is InChI=1S/C12H25ClN2O/c1-6-14(7-2)9-8-12(5)15(13)11(3,4)10-16-12/h6-10H2,1-5H3. The maximum Gasteiger partial charge on any atom is 0.134 e. The van der Waals surface area contributed by atoms with Crippen molar-refractivity contribution in [3.05, 3.63) is 0 Å².